The first kappa shape index (κ1) is 12.3. The standard InChI is InChI=1S/C7H17NO2S2/c8-12(9,10)7-5-3-1-2-4-6-11/h11H,1-7H2,(H2,8,9,10). The normalized spacial score (nSPS) is 11.8. The van der Waals surface area contributed by atoms with E-state index in [2.05, 4.69) is 12.6 Å². The summed E-state index contributed by atoms with van der Waals surface area (Å²) in [5.41, 5.74) is 0. The first-order valence-electron chi connectivity index (χ1n) is 4.17. The Morgan fingerprint density at radius 3 is 2.00 bits per heavy atom. The Labute approximate surface area is 80.2 Å². The molecule has 0 aliphatic rings. The van der Waals surface area contributed by atoms with Crippen molar-refractivity contribution in [2.75, 3.05) is 11.5 Å². The Hall–Kier alpha value is 0.260. The van der Waals surface area contributed by atoms with Crippen molar-refractivity contribution in [3.63, 3.8) is 0 Å². The SMILES string of the molecule is NS(=O)(=O)CCCCCCCS. The molecule has 0 aromatic rings. The van der Waals surface area contributed by atoms with E-state index in [0.29, 0.717) is 6.42 Å². The van der Waals surface area contributed by atoms with Crippen molar-refractivity contribution >= 4 is 22.7 Å². The maximum atomic E-state index is 10.5. The third-order valence-electron chi connectivity index (χ3n) is 1.59. The van der Waals surface area contributed by atoms with E-state index in [0.717, 1.165) is 31.4 Å². The molecule has 5 heteroatoms. The Morgan fingerprint density at radius 1 is 1.00 bits per heavy atom. The number of sulfonamides is 1. The summed E-state index contributed by atoms with van der Waals surface area (Å²) in [6, 6.07) is 0. The molecule has 0 unspecified atom stereocenters. The van der Waals surface area contributed by atoms with E-state index < -0.39 is 10.0 Å². The molecule has 12 heavy (non-hydrogen) atoms. The first-order valence-corrected chi connectivity index (χ1v) is 6.52. The monoisotopic (exact) mass is 211 g/mol. The fourth-order valence-electron chi connectivity index (χ4n) is 0.945. The van der Waals surface area contributed by atoms with E-state index in [1.54, 1.807) is 0 Å². The van der Waals surface area contributed by atoms with Crippen LogP contribution < -0.4 is 5.14 Å². The van der Waals surface area contributed by atoms with Crippen LogP contribution >= 0.6 is 12.6 Å². The lowest BCUT2D eigenvalue weighted by molar-refractivity contribution is 0.588. The fraction of sp³-hybridized carbons (Fsp3) is 1.00. The Balaban J connectivity index is 3.12. The predicted octanol–water partition coefficient (Wildman–Crippen LogP) is 1.16. The van der Waals surface area contributed by atoms with Crippen molar-refractivity contribution < 1.29 is 8.42 Å². The molecule has 0 fully saturated rings. The highest BCUT2D eigenvalue weighted by Gasteiger charge is 2.00. The van der Waals surface area contributed by atoms with Gasteiger partial charge in [0.25, 0.3) is 0 Å². The highest BCUT2D eigenvalue weighted by molar-refractivity contribution is 7.89. The lowest BCUT2D eigenvalue weighted by Crippen LogP contribution is -2.16. The lowest BCUT2D eigenvalue weighted by Gasteiger charge is -1.98. The van der Waals surface area contributed by atoms with Gasteiger partial charge in [0.2, 0.25) is 10.0 Å². The zero-order valence-electron chi connectivity index (χ0n) is 7.20. The Morgan fingerprint density at radius 2 is 1.50 bits per heavy atom. The predicted molar refractivity (Wildman–Crippen MR) is 54.9 cm³/mol. The minimum atomic E-state index is -3.23. The number of primary sulfonamides is 1. The number of nitrogens with two attached hydrogens (primary N) is 1. The summed E-state index contributed by atoms with van der Waals surface area (Å²) in [5, 5.41) is 4.84. The molecule has 0 spiro atoms. The largest absolute Gasteiger partial charge is 0.229 e. The highest BCUT2D eigenvalue weighted by atomic mass is 32.2. The van der Waals surface area contributed by atoms with E-state index in [-0.39, 0.29) is 5.75 Å². The van der Waals surface area contributed by atoms with Crippen molar-refractivity contribution in [1.82, 2.24) is 0 Å². The van der Waals surface area contributed by atoms with Crippen LogP contribution in [-0.2, 0) is 10.0 Å². The second-order valence-electron chi connectivity index (χ2n) is 2.86. The zero-order chi connectivity index (χ0) is 9.45. The summed E-state index contributed by atoms with van der Waals surface area (Å²) in [4.78, 5) is 0. The number of unbranched alkanes of at least 4 members (excludes halogenated alkanes) is 4. The van der Waals surface area contributed by atoms with Crippen LogP contribution in [-0.4, -0.2) is 19.9 Å². The van der Waals surface area contributed by atoms with E-state index in [1.165, 1.54) is 0 Å². The van der Waals surface area contributed by atoms with Crippen molar-refractivity contribution in [1.29, 1.82) is 0 Å². The molecule has 0 heterocycles. The summed E-state index contributed by atoms with van der Waals surface area (Å²) in [5.74, 6) is 1.03. The average molecular weight is 211 g/mol. The molecule has 0 bridgehead atoms. The number of rotatable bonds is 7. The van der Waals surface area contributed by atoms with Gasteiger partial charge in [-0.15, -0.1) is 0 Å². The van der Waals surface area contributed by atoms with Crippen LogP contribution in [0.1, 0.15) is 32.1 Å². The maximum Gasteiger partial charge on any atom is 0.209 e. The summed E-state index contributed by atoms with van der Waals surface area (Å²) >= 11 is 4.08. The molecule has 0 atom stereocenters. The zero-order valence-corrected chi connectivity index (χ0v) is 8.91. The molecule has 0 aliphatic heterocycles. The van der Waals surface area contributed by atoms with Crippen LogP contribution in [0, 0.1) is 0 Å². The fourth-order valence-corrected chi connectivity index (χ4v) is 1.78. The quantitative estimate of drug-likeness (QED) is 0.490. The van der Waals surface area contributed by atoms with Gasteiger partial charge in [0, 0.05) is 0 Å². The topological polar surface area (TPSA) is 60.2 Å². The van der Waals surface area contributed by atoms with E-state index in [1.807, 2.05) is 0 Å². The number of hydrogen-bond donors (Lipinski definition) is 2. The molecule has 0 aromatic carbocycles. The van der Waals surface area contributed by atoms with Gasteiger partial charge in [0.1, 0.15) is 0 Å². The molecule has 0 radical (unpaired) electrons. The van der Waals surface area contributed by atoms with Crippen LogP contribution in [0.25, 0.3) is 0 Å². The van der Waals surface area contributed by atoms with E-state index >= 15 is 0 Å². The molecule has 0 saturated heterocycles. The van der Waals surface area contributed by atoms with Gasteiger partial charge in [0.05, 0.1) is 5.75 Å². The second-order valence-corrected chi connectivity index (χ2v) is 5.04. The van der Waals surface area contributed by atoms with Gasteiger partial charge in [-0.2, -0.15) is 12.6 Å². The lowest BCUT2D eigenvalue weighted by atomic mass is 10.2. The maximum absolute atomic E-state index is 10.5. The Kier molecular flexibility index (Phi) is 6.89. The molecule has 0 aromatic heterocycles. The van der Waals surface area contributed by atoms with Crippen LogP contribution in [0.15, 0.2) is 0 Å². The van der Waals surface area contributed by atoms with Gasteiger partial charge >= 0.3 is 0 Å². The molecule has 3 nitrogen and oxygen atoms in total. The van der Waals surface area contributed by atoms with Crippen molar-refractivity contribution in [2.24, 2.45) is 5.14 Å². The summed E-state index contributed by atoms with van der Waals surface area (Å²) in [7, 11) is -3.23. The van der Waals surface area contributed by atoms with Gasteiger partial charge in [-0.1, -0.05) is 19.3 Å². The van der Waals surface area contributed by atoms with Gasteiger partial charge in [0.15, 0.2) is 0 Å². The average Bonchev–Trinajstić information content (AvgIpc) is 1.94. The molecular formula is C7H17NO2S2. The van der Waals surface area contributed by atoms with Crippen molar-refractivity contribution in [3.8, 4) is 0 Å². The third kappa shape index (κ3) is 10.3. The molecule has 0 rings (SSSR count). The van der Waals surface area contributed by atoms with Gasteiger partial charge in [-0.3, -0.25) is 0 Å². The molecular weight excluding hydrogens is 194 g/mol. The first-order chi connectivity index (χ1) is 5.56. The van der Waals surface area contributed by atoms with Gasteiger partial charge in [-0.25, -0.2) is 13.6 Å². The molecule has 0 amide bonds. The highest BCUT2D eigenvalue weighted by Crippen LogP contribution is 2.04. The molecule has 0 aliphatic carbocycles. The Bertz CT molecular complexity index is 190. The van der Waals surface area contributed by atoms with E-state index in [4.69, 9.17) is 5.14 Å². The van der Waals surface area contributed by atoms with Crippen LogP contribution in [0.3, 0.4) is 0 Å². The second kappa shape index (κ2) is 6.74. The minimum absolute atomic E-state index is 0.119. The van der Waals surface area contributed by atoms with Crippen LogP contribution in [0.4, 0.5) is 0 Å². The number of hydrogen-bond acceptors (Lipinski definition) is 3. The minimum Gasteiger partial charge on any atom is -0.229 e. The number of thiol groups is 1. The molecule has 2 N–H and O–H groups in total. The smallest absolute Gasteiger partial charge is 0.209 e. The summed E-state index contributed by atoms with van der Waals surface area (Å²) in [6.45, 7) is 0. The third-order valence-corrected chi connectivity index (χ3v) is 2.76. The van der Waals surface area contributed by atoms with Gasteiger partial charge < -0.3 is 0 Å². The summed E-state index contributed by atoms with van der Waals surface area (Å²) in [6.07, 6.45) is 4.96. The van der Waals surface area contributed by atoms with E-state index in [9.17, 15) is 8.42 Å². The van der Waals surface area contributed by atoms with Crippen LogP contribution in [0.5, 0.6) is 0 Å². The summed E-state index contributed by atoms with van der Waals surface area (Å²) < 4.78 is 21.0. The molecule has 0 saturated carbocycles. The van der Waals surface area contributed by atoms with Crippen molar-refractivity contribution in [3.05, 3.63) is 0 Å². The van der Waals surface area contributed by atoms with Crippen molar-refractivity contribution in [2.45, 2.75) is 32.1 Å². The molecule has 74 valence electrons. The van der Waals surface area contributed by atoms with Gasteiger partial charge in [-0.05, 0) is 18.6 Å². The van der Waals surface area contributed by atoms with Crippen LogP contribution in [0.2, 0.25) is 0 Å².